The molecule has 1 aromatic rings. The van der Waals surface area contributed by atoms with Gasteiger partial charge in [-0.1, -0.05) is 30.3 Å². The molecule has 12 heavy (non-hydrogen) atoms. The summed E-state index contributed by atoms with van der Waals surface area (Å²) in [5, 5.41) is 7.85. The molecule has 0 saturated carbocycles. The first-order chi connectivity index (χ1) is 5.22. The molecule has 0 fully saturated rings. The lowest BCUT2D eigenvalue weighted by atomic mass is 10.1. The average molecular weight is 205 g/mol. The molecule has 1 unspecified atom stereocenters. The number of aliphatic carboxylic acids is 1. The maximum absolute atomic E-state index is 10.4. The van der Waals surface area contributed by atoms with Crippen LogP contribution in [0.15, 0.2) is 30.3 Å². The number of rotatable bonds is 2. The summed E-state index contributed by atoms with van der Waals surface area (Å²) in [7, 11) is 0. The van der Waals surface area contributed by atoms with E-state index >= 15 is 0 Å². The zero-order chi connectivity index (χ0) is 8.27. The van der Waals surface area contributed by atoms with Crippen LogP contribution < -0.4 is 0 Å². The SMILES string of the molecule is Cl.O=C(O)C(S)c1ccccc1. The molecule has 0 saturated heterocycles. The number of benzene rings is 1. The van der Waals surface area contributed by atoms with Crippen molar-refractivity contribution in [2.45, 2.75) is 5.25 Å². The highest BCUT2D eigenvalue weighted by molar-refractivity contribution is 7.81. The molecular weight excluding hydrogens is 196 g/mol. The molecule has 2 nitrogen and oxygen atoms in total. The Hall–Kier alpha value is -0.670. The van der Waals surface area contributed by atoms with Gasteiger partial charge in [0.2, 0.25) is 0 Å². The van der Waals surface area contributed by atoms with Crippen molar-refractivity contribution in [3.05, 3.63) is 35.9 Å². The molecule has 1 aromatic carbocycles. The van der Waals surface area contributed by atoms with E-state index in [0.29, 0.717) is 5.56 Å². The van der Waals surface area contributed by atoms with Crippen molar-refractivity contribution in [1.29, 1.82) is 0 Å². The lowest BCUT2D eigenvalue weighted by molar-refractivity contribution is -0.136. The minimum Gasteiger partial charge on any atom is -0.480 e. The predicted molar refractivity (Wildman–Crippen MR) is 53.1 cm³/mol. The minimum absolute atomic E-state index is 0. The zero-order valence-electron chi connectivity index (χ0n) is 6.18. The third-order valence-electron chi connectivity index (χ3n) is 1.35. The van der Waals surface area contributed by atoms with Crippen molar-refractivity contribution < 1.29 is 9.90 Å². The van der Waals surface area contributed by atoms with Crippen molar-refractivity contribution in [1.82, 2.24) is 0 Å². The van der Waals surface area contributed by atoms with E-state index in [1.54, 1.807) is 24.3 Å². The first kappa shape index (κ1) is 11.3. The highest BCUT2D eigenvalue weighted by atomic mass is 35.5. The monoisotopic (exact) mass is 204 g/mol. The molecule has 0 aliphatic heterocycles. The lowest BCUT2D eigenvalue weighted by Crippen LogP contribution is -2.04. The molecular formula is C8H9ClO2S. The van der Waals surface area contributed by atoms with Gasteiger partial charge in [0.1, 0.15) is 5.25 Å². The van der Waals surface area contributed by atoms with Crippen LogP contribution in [0, 0.1) is 0 Å². The van der Waals surface area contributed by atoms with Crippen LogP contribution in [-0.4, -0.2) is 11.1 Å². The summed E-state index contributed by atoms with van der Waals surface area (Å²) in [6.07, 6.45) is 0. The normalized spacial score (nSPS) is 11.4. The number of carbonyl (C=O) groups is 1. The fourth-order valence-electron chi connectivity index (χ4n) is 0.778. The summed E-state index contributed by atoms with van der Waals surface area (Å²) in [6.45, 7) is 0. The third-order valence-corrected chi connectivity index (χ3v) is 1.87. The van der Waals surface area contributed by atoms with E-state index in [4.69, 9.17) is 5.11 Å². The van der Waals surface area contributed by atoms with Gasteiger partial charge in [-0.3, -0.25) is 4.79 Å². The molecule has 0 bridgehead atoms. The summed E-state index contributed by atoms with van der Waals surface area (Å²) in [4.78, 5) is 10.4. The summed E-state index contributed by atoms with van der Waals surface area (Å²) >= 11 is 3.91. The van der Waals surface area contributed by atoms with Gasteiger partial charge in [-0.25, -0.2) is 0 Å². The summed E-state index contributed by atoms with van der Waals surface area (Å²) < 4.78 is 0. The van der Waals surface area contributed by atoms with E-state index in [9.17, 15) is 4.79 Å². The Kier molecular flexibility index (Phi) is 4.78. The molecule has 0 aliphatic rings. The van der Waals surface area contributed by atoms with Gasteiger partial charge in [-0.2, -0.15) is 12.6 Å². The predicted octanol–water partition coefficient (Wildman–Crippen LogP) is 2.16. The highest BCUT2D eigenvalue weighted by Gasteiger charge is 2.12. The molecule has 4 heteroatoms. The Morgan fingerprint density at radius 1 is 1.33 bits per heavy atom. The second-order valence-electron chi connectivity index (χ2n) is 2.15. The van der Waals surface area contributed by atoms with Gasteiger partial charge >= 0.3 is 5.97 Å². The number of carboxylic acids is 1. The van der Waals surface area contributed by atoms with E-state index in [1.807, 2.05) is 6.07 Å². The second-order valence-corrected chi connectivity index (χ2v) is 2.67. The van der Waals surface area contributed by atoms with Gasteiger partial charge in [-0.05, 0) is 5.56 Å². The second kappa shape index (κ2) is 5.06. The van der Waals surface area contributed by atoms with Crippen molar-refractivity contribution in [3.8, 4) is 0 Å². The molecule has 0 radical (unpaired) electrons. The van der Waals surface area contributed by atoms with E-state index in [-0.39, 0.29) is 12.4 Å². The Morgan fingerprint density at radius 2 is 1.83 bits per heavy atom. The molecule has 1 rings (SSSR count). The van der Waals surface area contributed by atoms with E-state index in [1.165, 1.54) is 0 Å². The molecule has 0 spiro atoms. The standard InChI is InChI=1S/C8H8O2S.ClH/c9-8(10)7(11)6-4-2-1-3-5-6;/h1-5,7,11H,(H,9,10);1H. The molecule has 0 aromatic heterocycles. The van der Waals surface area contributed by atoms with E-state index in [0.717, 1.165) is 0 Å². The average Bonchev–Trinajstić information content (AvgIpc) is 2.05. The summed E-state index contributed by atoms with van der Waals surface area (Å²) in [5.41, 5.74) is 0.711. The Morgan fingerprint density at radius 3 is 2.25 bits per heavy atom. The quantitative estimate of drug-likeness (QED) is 0.725. The van der Waals surface area contributed by atoms with Crippen LogP contribution in [0.1, 0.15) is 10.8 Å². The lowest BCUT2D eigenvalue weighted by Gasteiger charge is -2.03. The van der Waals surface area contributed by atoms with Crippen LogP contribution in [-0.2, 0) is 4.79 Å². The Bertz CT molecular complexity index is 250. The van der Waals surface area contributed by atoms with Gasteiger partial charge in [0.15, 0.2) is 0 Å². The van der Waals surface area contributed by atoms with Gasteiger partial charge in [0.25, 0.3) is 0 Å². The largest absolute Gasteiger partial charge is 0.480 e. The zero-order valence-corrected chi connectivity index (χ0v) is 7.89. The highest BCUT2D eigenvalue weighted by Crippen LogP contribution is 2.18. The third kappa shape index (κ3) is 2.75. The number of carboxylic acid groups (broad SMARTS) is 1. The molecule has 0 heterocycles. The van der Waals surface area contributed by atoms with Gasteiger partial charge in [0.05, 0.1) is 0 Å². The van der Waals surface area contributed by atoms with E-state index < -0.39 is 11.2 Å². The van der Waals surface area contributed by atoms with Crippen molar-refractivity contribution in [2.75, 3.05) is 0 Å². The fourth-order valence-corrected chi connectivity index (χ4v) is 0.950. The fraction of sp³-hybridized carbons (Fsp3) is 0.125. The van der Waals surface area contributed by atoms with Crippen molar-refractivity contribution >= 4 is 31.0 Å². The smallest absolute Gasteiger partial charge is 0.320 e. The topological polar surface area (TPSA) is 37.3 Å². The first-order valence-electron chi connectivity index (χ1n) is 3.17. The summed E-state index contributed by atoms with van der Waals surface area (Å²) in [5.74, 6) is -0.917. The van der Waals surface area contributed by atoms with Crippen LogP contribution in [0.5, 0.6) is 0 Å². The number of hydrogen-bond donors (Lipinski definition) is 2. The minimum atomic E-state index is -0.917. The van der Waals surface area contributed by atoms with Gasteiger partial charge in [0, 0.05) is 0 Å². The van der Waals surface area contributed by atoms with Crippen molar-refractivity contribution in [2.24, 2.45) is 0 Å². The Balaban J connectivity index is 0.00000121. The maximum Gasteiger partial charge on any atom is 0.320 e. The molecule has 1 N–H and O–H groups in total. The van der Waals surface area contributed by atoms with Crippen LogP contribution in [0.4, 0.5) is 0 Å². The number of hydrogen-bond acceptors (Lipinski definition) is 2. The van der Waals surface area contributed by atoms with Gasteiger partial charge < -0.3 is 5.11 Å². The molecule has 66 valence electrons. The molecule has 0 aliphatic carbocycles. The Labute approximate surface area is 82.4 Å². The van der Waals surface area contributed by atoms with Crippen LogP contribution in [0.25, 0.3) is 0 Å². The number of thiol groups is 1. The van der Waals surface area contributed by atoms with Crippen LogP contribution in [0.2, 0.25) is 0 Å². The van der Waals surface area contributed by atoms with E-state index in [2.05, 4.69) is 12.6 Å². The molecule has 0 amide bonds. The molecule has 1 atom stereocenters. The summed E-state index contributed by atoms with van der Waals surface area (Å²) in [6, 6.07) is 8.91. The first-order valence-corrected chi connectivity index (χ1v) is 3.69. The van der Waals surface area contributed by atoms with Crippen molar-refractivity contribution in [3.63, 3.8) is 0 Å². The van der Waals surface area contributed by atoms with Crippen LogP contribution in [0.3, 0.4) is 0 Å². The number of halogens is 1. The van der Waals surface area contributed by atoms with Crippen LogP contribution >= 0.6 is 25.0 Å². The maximum atomic E-state index is 10.4. The van der Waals surface area contributed by atoms with Gasteiger partial charge in [-0.15, -0.1) is 12.4 Å².